The van der Waals surface area contributed by atoms with Gasteiger partial charge in [-0.25, -0.2) is 0 Å². The van der Waals surface area contributed by atoms with Crippen molar-refractivity contribution in [2.75, 3.05) is 13.2 Å². The fourth-order valence-electron chi connectivity index (χ4n) is 5.97. The van der Waals surface area contributed by atoms with Gasteiger partial charge < -0.3 is 9.47 Å². The van der Waals surface area contributed by atoms with Crippen LogP contribution in [-0.4, -0.2) is 19.0 Å². The standard InChI is InChI=1S/C14H26.C9H16O2.C8H14.4C2H6/c1-13(2,3)11-9-7-8-10-12(11)14(4,5)6;1-7-5-9(6-8(7)2)10-3-4-11-9;1-7-5-3-4-6-8(7)2;4*1-2/h7-10H2,1-6H3;7-8H,3-6H2,1-2H3;3-6H2,1-2H3;4*1-2H3/t;7-,8-;;;;;/m.0...../s1. The summed E-state index contributed by atoms with van der Waals surface area (Å²) in [6.07, 6.45) is 13.2. The Kier molecular flexibility index (Phi) is 26.0. The predicted octanol–water partition coefficient (Wildman–Crippen LogP) is 13.7. The molecule has 0 aromatic carbocycles. The summed E-state index contributed by atoms with van der Waals surface area (Å²) in [5.41, 5.74) is 7.49. The van der Waals surface area contributed by atoms with Crippen LogP contribution in [0.3, 0.4) is 0 Å². The molecule has 0 unspecified atom stereocenters. The largest absolute Gasteiger partial charge is 0.348 e. The second kappa shape index (κ2) is 23.8. The van der Waals surface area contributed by atoms with E-state index in [1.165, 1.54) is 51.4 Å². The molecule has 248 valence electrons. The molecule has 1 saturated heterocycles. The normalized spacial score (nSPS) is 23.0. The van der Waals surface area contributed by atoms with Crippen LogP contribution in [0, 0.1) is 22.7 Å². The average molecular weight is 581 g/mol. The molecule has 0 radical (unpaired) electrons. The molecule has 2 nitrogen and oxygen atoms in total. The first-order chi connectivity index (χ1) is 19.3. The van der Waals surface area contributed by atoms with Gasteiger partial charge in [-0.2, -0.15) is 0 Å². The first kappa shape index (κ1) is 44.8. The molecule has 4 rings (SSSR count). The number of allylic oxidation sites excluding steroid dienone is 4. The SMILES string of the molecule is CC.CC.CC.CC.CC(C)(C)C1=C(C(C)(C)C)CCCC1.CC1=C(C)CCCC1.C[C@H]1CC2(C[C@@H]1C)OCCO2. The summed E-state index contributed by atoms with van der Waals surface area (Å²) in [7, 11) is 0. The molecule has 1 saturated carbocycles. The van der Waals surface area contributed by atoms with Crippen LogP contribution >= 0.6 is 0 Å². The van der Waals surface area contributed by atoms with Gasteiger partial charge in [0.25, 0.3) is 0 Å². The summed E-state index contributed by atoms with van der Waals surface area (Å²) >= 11 is 0. The minimum absolute atomic E-state index is 0.168. The lowest BCUT2D eigenvalue weighted by Crippen LogP contribution is -2.26. The zero-order chi connectivity index (χ0) is 32.9. The van der Waals surface area contributed by atoms with Crippen molar-refractivity contribution < 1.29 is 9.47 Å². The summed E-state index contributed by atoms with van der Waals surface area (Å²) in [5.74, 6) is 1.35. The molecular formula is C39H80O2. The van der Waals surface area contributed by atoms with Gasteiger partial charge in [0.15, 0.2) is 5.79 Å². The molecule has 0 aromatic rings. The molecule has 0 amide bonds. The lowest BCUT2D eigenvalue weighted by atomic mass is 9.69. The molecule has 2 fully saturated rings. The summed E-state index contributed by atoms with van der Waals surface area (Å²) in [5, 5.41) is 0. The van der Waals surface area contributed by atoms with Gasteiger partial charge in [-0.1, -0.05) is 133 Å². The Morgan fingerprint density at radius 1 is 0.512 bits per heavy atom. The third-order valence-corrected chi connectivity index (χ3v) is 8.41. The highest BCUT2D eigenvalue weighted by Gasteiger charge is 2.46. The van der Waals surface area contributed by atoms with Crippen LogP contribution < -0.4 is 0 Å². The number of ether oxygens (including phenoxy) is 2. The van der Waals surface area contributed by atoms with E-state index in [-0.39, 0.29) is 5.79 Å². The van der Waals surface area contributed by atoms with Gasteiger partial charge in [0, 0.05) is 12.8 Å². The van der Waals surface area contributed by atoms with Crippen molar-refractivity contribution in [3.8, 4) is 0 Å². The van der Waals surface area contributed by atoms with Crippen molar-refractivity contribution in [1.82, 2.24) is 0 Å². The van der Waals surface area contributed by atoms with Crippen LogP contribution in [0.5, 0.6) is 0 Å². The molecule has 3 aliphatic carbocycles. The highest BCUT2D eigenvalue weighted by atomic mass is 16.7. The molecule has 0 bridgehead atoms. The molecule has 0 aromatic heterocycles. The Bertz CT molecular complexity index is 625. The lowest BCUT2D eigenvalue weighted by Gasteiger charge is -2.36. The van der Waals surface area contributed by atoms with Crippen LogP contribution in [0.4, 0.5) is 0 Å². The third kappa shape index (κ3) is 17.3. The van der Waals surface area contributed by atoms with E-state index in [1.807, 2.05) is 55.4 Å². The van der Waals surface area contributed by atoms with Crippen LogP contribution in [0.25, 0.3) is 0 Å². The maximum absolute atomic E-state index is 5.62. The zero-order valence-corrected chi connectivity index (χ0v) is 32.0. The summed E-state index contributed by atoms with van der Waals surface area (Å²) < 4.78 is 11.2. The molecule has 2 heteroatoms. The minimum atomic E-state index is -0.168. The Hall–Kier alpha value is -0.600. The van der Waals surface area contributed by atoms with Gasteiger partial charge >= 0.3 is 0 Å². The Labute approximate surface area is 261 Å². The second-order valence-electron chi connectivity index (χ2n) is 13.4. The molecule has 41 heavy (non-hydrogen) atoms. The first-order valence-corrected chi connectivity index (χ1v) is 17.9. The van der Waals surface area contributed by atoms with Gasteiger partial charge in [-0.05, 0) is 87.9 Å². The van der Waals surface area contributed by atoms with Gasteiger partial charge in [-0.15, -0.1) is 0 Å². The summed E-state index contributed by atoms with van der Waals surface area (Å²) in [6.45, 7) is 40.8. The summed E-state index contributed by atoms with van der Waals surface area (Å²) in [4.78, 5) is 0. The number of rotatable bonds is 0. The molecule has 1 aliphatic heterocycles. The maximum atomic E-state index is 5.62. The fraction of sp³-hybridized carbons (Fsp3) is 0.897. The highest BCUT2D eigenvalue weighted by Crippen LogP contribution is 2.45. The van der Waals surface area contributed by atoms with Gasteiger partial charge in [0.1, 0.15) is 0 Å². The minimum Gasteiger partial charge on any atom is -0.348 e. The monoisotopic (exact) mass is 581 g/mol. The molecule has 1 heterocycles. The van der Waals surface area contributed by atoms with Crippen molar-refractivity contribution in [2.45, 2.75) is 195 Å². The van der Waals surface area contributed by atoms with E-state index in [0.717, 1.165) is 37.9 Å². The molecule has 0 N–H and O–H groups in total. The van der Waals surface area contributed by atoms with Crippen molar-refractivity contribution in [3.63, 3.8) is 0 Å². The lowest BCUT2D eigenvalue weighted by molar-refractivity contribution is -0.153. The number of hydrogen-bond acceptors (Lipinski definition) is 2. The van der Waals surface area contributed by atoms with E-state index in [9.17, 15) is 0 Å². The van der Waals surface area contributed by atoms with Gasteiger partial charge in [0.2, 0.25) is 0 Å². The third-order valence-electron chi connectivity index (χ3n) is 8.41. The quantitative estimate of drug-likeness (QED) is 0.265. The fourth-order valence-corrected chi connectivity index (χ4v) is 5.97. The molecular weight excluding hydrogens is 500 g/mol. The maximum Gasteiger partial charge on any atom is 0.169 e. The predicted molar refractivity (Wildman–Crippen MR) is 189 cm³/mol. The van der Waals surface area contributed by atoms with Crippen molar-refractivity contribution in [1.29, 1.82) is 0 Å². The van der Waals surface area contributed by atoms with Gasteiger partial charge in [-0.3, -0.25) is 0 Å². The zero-order valence-electron chi connectivity index (χ0n) is 32.0. The van der Waals surface area contributed by atoms with Crippen LogP contribution in [0.2, 0.25) is 0 Å². The smallest absolute Gasteiger partial charge is 0.169 e. The topological polar surface area (TPSA) is 18.5 Å². The van der Waals surface area contributed by atoms with Crippen molar-refractivity contribution in [3.05, 3.63) is 22.3 Å². The van der Waals surface area contributed by atoms with E-state index in [0.29, 0.717) is 10.8 Å². The molecule has 1 spiro atoms. The van der Waals surface area contributed by atoms with Crippen molar-refractivity contribution >= 4 is 0 Å². The van der Waals surface area contributed by atoms with E-state index >= 15 is 0 Å². The Morgan fingerprint density at radius 3 is 1.02 bits per heavy atom. The van der Waals surface area contributed by atoms with Crippen LogP contribution in [0.1, 0.15) is 189 Å². The van der Waals surface area contributed by atoms with E-state index in [2.05, 4.69) is 69.2 Å². The van der Waals surface area contributed by atoms with Gasteiger partial charge in [0.05, 0.1) is 13.2 Å². The number of hydrogen-bond donors (Lipinski definition) is 0. The van der Waals surface area contributed by atoms with Crippen molar-refractivity contribution in [2.24, 2.45) is 22.7 Å². The average Bonchev–Trinajstić information content (AvgIpc) is 3.54. The summed E-state index contributed by atoms with van der Waals surface area (Å²) in [6, 6.07) is 0. The second-order valence-corrected chi connectivity index (χ2v) is 13.4. The molecule has 4 aliphatic rings. The first-order valence-electron chi connectivity index (χ1n) is 17.9. The highest BCUT2D eigenvalue weighted by molar-refractivity contribution is 5.26. The van der Waals surface area contributed by atoms with E-state index in [4.69, 9.17) is 9.47 Å². The Morgan fingerprint density at radius 2 is 0.780 bits per heavy atom. The molecule has 2 atom stereocenters. The van der Waals surface area contributed by atoms with E-state index in [1.54, 1.807) is 22.3 Å². The van der Waals surface area contributed by atoms with Crippen LogP contribution in [-0.2, 0) is 9.47 Å². The van der Waals surface area contributed by atoms with Crippen LogP contribution in [0.15, 0.2) is 22.3 Å². The Balaban J connectivity index is -0.000000480. The van der Waals surface area contributed by atoms with E-state index < -0.39 is 0 Å².